The van der Waals surface area contributed by atoms with Crippen LogP contribution < -0.4 is 10.5 Å². The van der Waals surface area contributed by atoms with Gasteiger partial charge in [-0.3, -0.25) is 9.59 Å². The number of hydrogen-bond donors (Lipinski definition) is 1. The number of amides is 1. The van der Waals surface area contributed by atoms with E-state index in [0.717, 1.165) is 12.1 Å². The van der Waals surface area contributed by atoms with Crippen LogP contribution in [0.15, 0.2) is 12.1 Å². The van der Waals surface area contributed by atoms with Crippen molar-refractivity contribution in [3.8, 4) is 5.75 Å². The smallest absolute Gasteiger partial charge is 0.344 e. The van der Waals surface area contributed by atoms with E-state index < -0.39 is 42.1 Å². The number of primary amides is 1. The molecule has 0 saturated heterocycles. The Morgan fingerprint density at radius 3 is 2.57 bits per heavy atom. The van der Waals surface area contributed by atoms with Gasteiger partial charge in [-0.25, -0.2) is 9.18 Å². The third-order valence-corrected chi connectivity index (χ3v) is 2.60. The highest BCUT2D eigenvalue weighted by Crippen LogP contribution is 2.28. The van der Waals surface area contributed by atoms with Crippen LogP contribution in [0.2, 0.25) is 5.02 Å². The van der Waals surface area contributed by atoms with Crippen molar-refractivity contribution < 1.29 is 28.2 Å². The number of esters is 1. The van der Waals surface area contributed by atoms with Gasteiger partial charge in [-0.2, -0.15) is 0 Å². The molecule has 0 aliphatic carbocycles. The van der Waals surface area contributed by atoms with Crippen molar-refractivity contribution in [1.82, 2.24) is 0 Å². The van der Waals surface area contributed by atoms with Crippen molar-refractivity contribution in [1.29, 1.82) is 0 Å². The Morgan fingerprint density at radius 1 is 1.33 bits per heavy atom. The number of ether oxygens (including phenoxy) is 2. The predicted octanol–water partition coefficient (Wildman–Crippen LogP) is 1.48. The van der Waals surface area contributed by atoms with Gasteiger partial charge in [-0.05, 0) is 19.1 Å². The maximum atomic E-state index is 13.6. The number of ketones is 1. The van der Waals surface area contributed by atoms with E-state index in [9.17, 15) is 18.8 Å². The second-order valence-electron chi connectivity index (χ2n) is 3.92. The lowest BCUT2D eigenvalue weighted by Crippen LogP contribution is -2.18. The van der Waals surface area contributed by atoms with Crippen molar-refractivity contribution in [2.45, 2.75) is 13.3 Å². The zero-order chi connectivity index (χ0) is 16.0. The van der Waals surface area contributed by atoms with Crippen LogP contribution in [0.3, 0.4) is 0 Å². The molecule has 21 heavy (non-hydrogen) atoms. The summed E-state index contributed by atoms with van der Waals surface area (Å²) in [7, 11) is 0. The SMILES string of the molecule is CCOC(=O)COc1cc(C(=O)CC(N)=O)c(F)cc1Cl. The van der Waals surface area contributed by atoms with Gasteiger partial charge in [0.05, 0.1) is 23.6 Å². The molecule has 0 aliphatic rings. The van der Waals surface area contributed by atoms with E-state index in [4.69, 9.17) is 22.1 Å². The fourth-order valence-corrected chi connectivity index (χ4v) is 1.65. The van der Waals surface area contributed by atoms with Crippen LogP contribution in [0, 0.1) is 5.82 Å². The van der Waals surface area contributed by atoms with E-state index in [1.807, 2.05) is 0 Å². The van der Waals surface area contributed by atoms with Crippen molar-refractivity contribution in [2.75, 3.05) is 13.2 Å². The molecule has 1 aromatic carbocycles. The molecule has 0 heterocycles. The number of nitrogens with two attached hydrogens (primary N) is 1. The van der Waals surface area contributed by atoms with E-state index >= 15 is 0 Å². The molecule has 1 amide bonds. The molecular weight excluding hydrogens is 305 g/mol. The van der Waals surface area contributed by atoms with Crippen molar-refractivity contribution in [3.63, 3.8) is 0 Å². The minimum atomic E-state index is -0.908. The van der Waals surface area contributed by atoms with E-state index in [1.54, 1.807) is 6.92 Å². The Labute approximate surface area is 125 Å². The van der Waals surface area contributed by atoms with Gasteiger partial charge in [0.1, 0.15) is 11.6 Å². The van der Waals surface area contributed by atoms with Crippen molar-refractivity contribution in [2.24, 2.45) is 5.73 Å². The Bertz CT molecular complexity index is 576. The normalized spacial score (nSPS) is 10.0. The van der Waals surface area contributed by atoms with Crippen LogP contribution in [0.1, 0.15) is 23.7 Å². The Morgan fingerprint density at radius 2 is 2.00 bits per heavy atom. The van der Waals surface area contributed by atoms with E-state index in [0.29, 0.717) is 0 Å². The molecule has 114 valence electrons. The number of carbonyl (C=O) groups excluding carboxylic acids is 3. The van der Waals surface area contributed by atoms with Crippen LogP contribution in [-0.2, 0) is 14.3 Å². The summed E-state index contributed by atoms with van der Waals surface area (Å²) in [6, 6.07) is 1.87. The molecule has 0 radical (unpaired) electrons. The molecule has 8 heteroatoms. The lowest BCUT2D eigenvalue weighted by Gasteiger charge is -2.10. The first kappa shape index (κ1) is 16.9. The van der Waals surface area contributed by atoms with Gasteiger partial charge < -0.3 is 15.2 Å². The van der Waals surface area contributed by atoms with Gasteiger partial charge in [-0.1, -0.05) is 11.6 Å². The van der Waals surface area contributed by atoms with E-state index in [1.165, 1.54) is 0 Å². The zero-order valence-electron chi connectivity index (χ0n) is 11.2. The summed E-state index contributed by atoms with van der Waals surface area (Å²) in [6.07, 6.45) is -0.643. The molecule has 0 aliphatic heterocycles. The molecule has 0 unspecified atom stereocenters. The largest absolute Gasteiger partial charge is 0.480 e. The highest BCUT2D eigenvalue weighted by molar-refractivity contribution is 6.32. The predicted molar refractivity (Wildman–Crippen MR) is 71.7 cm³/mol. The summed E-state index contributed by atoms with van der Waals surface area (Å²) in [5, 5.41) is -0.118. The minimum absolute atomic E-state index is 0.0704. The maximum Gasteiger partial charge on any atom is 0.344 e. The number of Topliss-reactive ketones (excluding diaryl/α,β-unsaturated/α-hetero) is 1. The molecule has 6 nitrogen and oxygen atoms in total. The maximum absolute atomic E-state index is 13.6. The summed E-state index contributed by atoms with van der Waals surface area (Å²) in [4.78, 5) is 33.5. The summed E-state index contributed by atoms with van der Waals surface area (Å²) in [5.74, 6) is -3.31. The molecule has 1 rings (SSSR count). The highest BCUT2D eigenvalue weighted by Gasteiger charge is 2.18. The lowest BCUT2D eigenvalue weighted by molar-refractivity contribution is -0.145. The van der Waals surface area contributed by atoms with Crippen LogP contribution >= 0.6 is 11.6 Å². The van der Waals surface area contributed by atoms with Crippen LogP contribution in [-0.4, -0.2) is 30.9 Å². The number of halogens is 2. The molecule has 0 bridgehead atoms. The van der Waals surface area contributed by atoms with Gasteiger partial charge in [0.25, 0.3) is 0 Å². The standard InChI is InChI=1S/C13H13ClFNO5/c1-2-20-13(19)6-21-11-3-7(9(15)4-8(11)14)10(17)5-12(16)18/h3-4H,2,5-6H2,1H3,(H2,16,18). The summed E-state index contributed by atoms with van der Waals surface area (Å²) >= 11 is 5.75. The molecule has 0 saturated carbocycles. The van der Waals surface area contributed by atoms with Gasteiger partial charge >= 0.3 is 5.97 Å². The Kier molecular flexibility index (Phi) is 6.10. The monoisotopic (exact) mass is 317 g/mol. The van der Waals surface area contributed by atoms with E-state index in [2.05, 4.69) is 4.74 Å². The molecular formula is C13H13ClFNO5. The first-order chi connectivity index (χ1) is 9.85. The molecule has 2 N–H and O–H groups in total. The molecule has 0 aromatic heterocycles. The third kappa shape index (κ3) is 5.03. The second kappa shape index (κ2) is 7.58. The zero-order valence-corrected chi connectivity index (χ0v) is 11.9. The minimum Gasteiger partial charge on any atom is -0.480 e. The van der Waals surface area contributed by atoms with Gasteiger partial charge in [0, 0.05) is 0 Å². The summed E-state index contributed by atoms with van der Waals surface area (Å²) in [5.41, 5.74) is 4.49. The Hall–Kier alpha value is -2.15. The second-order valence-corrected chi connectivity index (χ2v) is 4.33. The summed E-state index contributed by atoms with van der Waals surface area (Å²) in [6.45, 7) is 1.37. The van der Waals surface area contributed by atoms with Crippen LogP contribution in [0.25, 0.3) is 0 Å². The quantitative estimate of drug-likeness (QED) is 0.467. The Balaban J connectivity index is 2.93. The number of benzene rings is 1. The number of rotatable bonds is 7. The molecule has 1 aromatic rings. The number of hydrogen-bond acceptors (Lipinski definition) is 5. The number of carbonyl (C=O) groups is 3. The molecule has 0 fully saturated rings. The topological polar surface area (TPSA) is 95.7 Å². The fourth-order valence-electron chi connectivity index (χ4n) is 1.45. The van der Waals surface area contributed by atoms with Crippen molar-refractivity contribution in [3.05, 3.63) is 28.5 Å². The average molecular weight is 318 g/mol. The van der Waals surface area contributed by atoms with Crippen molar-refractivity contribution >= 4 is 29.3 Å². The average Bonchev–Trinajstić information content (AvgIpc) is 2.37. The van der Waals surface area contributed by atoms with E-state index in [-0.39, 0.29) is 17.4 Å². The first-order valence-corrected chi connectivity index (χ1v) is 6.32. The van der Waals surface area contributed by atoms with Gasteiger partial charge in [-0.15, -0.1) is 0 Å². The van der Waals surface area contributed by atoms with Crippen LogP contribution in [0.5, 0.6) is 5.75 Å². The first-order valence-electron chi connectivity index (χ1n) is 5.94. The fraction of sp³-hybridized carbons (Fsp3) is 0.308. The third-order valence-electron chi connectivity index (χ3n) is 2.31. The van der Waals surface area contributed by atoms with Crippen LogP contribution in [0.4, 0.5) is 4.39 Å². The lowest BCUT2D eigenvalue weighted by atomic mass is 10.1. The summed E-state index contributed by atoms with van der Waals surface area (Å²) < 4.78 is 23.4. The molecule has 0 atom stereocenters. The highest BCUT2D eigenvalue weighted by atomic mass is 35.5. The molecule has 0 spiro atoms. The van der Waals surface area contributed by atoms with Gasteiger partial charge in [0.2, 0.25) is 5.91 Å². The van der Waals surface area contributed by atoms with Gasteiger partial charge in [0.15, 0.2) is 12.4 Å².